The highest BCUT2D eigenvalue weighted by molar-refractivity contribution is 6.04. The molecule has 0 radical (unpaired) electrons. The zero-order chi connectivity index (χ0) is 28.3. The number of anilines is 1. The quantitative estimate of drug-likeness (QED) is 0.293. The largest absolute Gasteiger partial charge is 0.457 e. The Bertz CT molecular complexity index is 1490. The molecule has 1 atom stereocenters. The van der Waals surface area contributed by atoms with Gasteiger partial charge in [0.05, 0.1) is 29.5 Å². The molecule has 0 saturated carbocycles. The summed E-state index contributed by atoms with van der Waals surface area (Å²) in [4.78, 5) is 34.9. The number of aromatic amines is 1. The van der Waals surface area contributed by atoms with Crippen LogP contribution in [0.4, 0.5) is 10.6 Å². The monoisotopic (exact) mass is 539 g/mol. The first kappa shape index (κ1) is 26.9. The highest BCUT2D eigenvalue weighted by atomic mass is 16.5. The van der Waals surface area contributed by atoms with Crippen molar-refractivity contribution in [2.75, 3.05) is 26.0 Å². The van der Waals surface area contributed by atoms with Gasteiger partial charge in [0.25, 0.3) is 5.91 Å². The van der Waals surface area contributed by atoms with Crippen molar-refractivity contribution in [1.82, 2.24) is 30.3 Å². The predicted octanol–water partition coefficient (Wildman–Crippen LogP) is 4.91. The second-order valence-corrected chi connectivity index (χ2v) is 10.5. The van der Waals surface area contributed by atoms with Gasteiger partial charge in [-0.25, -0.2) is 4.79 Å². The second-order valence-electron chi connectivity index (χ2n) is 10.5. The van der Waals surface area contributed by atoms with Gasteiger partial charge in [0.15, 0.2) is 5.82 Å². The van der Waals surface area contributed by atoms with Gasteiger partial charge in [-0.05, 0) is 70.4 Å². The number of benzene rings is 2. The van der Waals surface area contributed by atoms with Crippen LogP contribution in [-0.2, 0) is 12.1 Å². The van der Waals surface area contributed by atoms with Crippen LogP contribution in [0, 0.1) is 0 Å². The fourth-order valence-corrected chi connectivity index (χ4v) is 4.84. The van der Waals surface area contributed by atoms with Crippen LogP contribution in [0.1, 0.15) is 47.2 Å². The lowest BCUT2D eigenvalue weighted by molar-refractivity contribution is 0.102. The van der Waals surface area contributed by atoms with Crippen molar-refractivity contribution in [2.24, 2.45) is 0 Å². The minimum atomic E-state index is -0.675. The summed E-state index contributed by atoms with van der Waals surface area (Å²) in [5, 5.41) is 13.5. The molecule has 3 heterocycles. The summed E-state index contributed by atoms with van der Waals surface area (Å²) >= 11 is 0. The topological polar surface area (TPSA) is 115 Å². The summed E-state index contributed by atoms with van der Waals surface area (Å²) in [6.07, 6.45) is 1.72. The van der Waals surface area contributed by atoms with Crippen LogP contribution in [0.2, 0.25) is 0 Å². The Hall–Kier alpha value is -4.70. The average Bonchev–Trinajstić information content (AvgIpc) is 3.46. The number of amides is 3. The number of hydrogen-bond acceptors (Lipinski definition) is 6. The number of nitrogens with one attached hydrogen (secondary N) is 3. The molecule has 2 aromatic carbocycles. The number of rotatable bonds is 8. The molecule has 1 aliphatic rings. The molecule has 10 heteroatoms. The standard InChI is InChI=1S/C30H33N7O3/c1-30(2)26-23(18-37(30)29(39)32-25(19-36(3)4)24-15-8-9-16-31-24)27(35-34-26)33-28(38)20-11-10-14-22(17-20)40-21-12-6-5-7-13-21/h5-17,25H,18-19H2,1-4H3,(H,32,39)(H2,33,34,35,38)/t25-/m1/s1. The molecule has 3 amide bonds. The van der Waals surface area contributed by atoms with Gasteiger partial charge in [0, 0.05) is 23.9 Å². The van der Waals surface area contributed by atoms with Gasteiger partial charge in [-0.3, -0.25) is 14.9 Å². The maximum absolute atomic E-state index is 13.6. The van der Waals surface area contributed by atoms with Gasteiger partial charge in [0.1, 0.15) is 11.5 Å². The van der Waals surface area contributed by atoms with Crippen LogP contribution in [0.25, 0.3) is 0 Å². The summed E-state index contributed by atoms with van der Waals surface area (Å²) in [5.41, 5.74) is 2.09. The van der Waals surface area contributed by atoms with E-state index in [4.69, 9.17) is 4.74 Å². The average molecular weight is 540 g/mol. The van der Waals surface area contributed by atoms with Gasteiger partial charge in [-0.1, -0.05) is 30.3 Å². The molecule has 0 fully saturated rings. The molecule has 1 aliphatic heterocycles. The van der Waals surface area contributed by atoms with Crippen molar-refractivity contribution in [3.8, 4) is 11.5 Å². The smallest absolute Gasteiger partial charge is 0.319 e. The first-order chi connectivity index (χ1) is 19.2. The Morgan fingerprint density at radius 1 is 1.05 bits per heavy atom. The number of likely N-dealkylation sites (N-methyl/N-ethyl adjacent to an activating group) is 1. The molecular weight excluding hydrogens is 506 g/mol. The summed E-state index contributed by atoms with van der Waals surface area (Å²) in [6.45, 7) is 4.79. The number of para-hydroxylation sites is 1. The van der Waals surface area contributed by atoms with Gasteiger partial charge < -0.3 is 25.2 Å². The Labute approximate surface area is 233 Å². The van der Waals surface area contributed by atoms with Crippen molar-refractivity contribution in [2.45, 2.75) is 32.0 Å². The number of fused-ring (bicyclic) bond motifs is 1. The van der Waals surface area contributed by atoms with Crippen LogP contribution in [0.3, 0.4) is 0 Å². The number of aromatic nitrogens is 3. The molecule has 5 rings (SSSR count). The van der Waals surface area contributed by atoms with E-state index in [1.807, 2.05) is 81.4 Å². The number of carbonyl (C=O) groups excluding carboxylic acids is 2. The Balaban J connectivity index is 1.30. The maximum Gasteiger partial charge on any atom is 0.319 e. The molecule has 0 spiro atoms. The third-order valence-corrected chi connectivity index (χ3v) is 6.91. The Kier molecular flexibility index (Phi) is 7.52. The molecule has 206 valence electrons. The Morgan fingerprint density at radius 3 is 2.52 bits per heavy atom. The molecule has 4 aromatic rings. The molecule has 0 unspecified atom stereocenters. The van der Waals surface area contributed by atoms with Gasteiger partial charge in [-0.2, -0.15) is 5.10 Å². The molecule has 40 heavy (non-hydrogen) atoms. The SMILES string of the molecule is CN(C)C[C@@H](NC(=O)N1Cc2c(NC(=O)c3cccc(Oc4ccccc4)c3)n[nH]c2C1(C)C)c1ccccn1. The third-order valence-electron chi connectivity index (χ3n) is 6.91. The van der Waals surface area contributed by atoms with Crippen LogP contribution in [0.5, 0.6) is 11.5 Å². The molecule has 10 nitrogen and oxygen atoms in total. The third kappa shape index (κ3) is 5.67. The van der Waals surface area contributed by atoms with Crippen molar-refractivity contribution in [1.29, 1.82) is 0 Å². The fraction of sp³-hybridized carbons (Fsp3) is 0.267. The number of pyridine rings is 1. The first-order valence-corrected chi connectivity index (χ1v) is 13.1. The van der Waals surface area contributed by atoms with Crippen molar-refractivity contribution >= 4 is 17.8 Å². The van der Waals surface area contributed by atoms with E-state index in [9.17, 15) is 9.59 Å². The van der Waals surface area contributed by atoms with Crippen LogP contribution >= 0.6 is 0 Å². The number of hydrogen-bond donors (Lipinski definition) is 3. The van der Waals surface area contributed by atoms with E-state index in [0.717, 1.165) is 17.0 Å². The van der Waals surface area contributed by atoms with E-state index in [2.05, 4.69) is 25.8 Å². The highest BCUT2D eigenvalue weighted by Crippen LogP contribution is 2.40. The lowest BCUT2D eigenvalue weighted by Gasteiger charge is -2.33. The van der Waals surface area contributed by atoms with Crippen LogP contribution in [-0.4, -0.2) is 57.6 Å². The molecule has 0 saturated heterocycles. The summed E-state index contributed by atoms with van der Waals surface area (Å²) in [6, 6.07) is 21.5. The zero-order valence-electron chi connectivity index (χ0n) is 23.0. The number of urea groups is 1. The lowest BCUT2D eigenvalue weighted by Crippen LogP contribution is -2.48. The molecule has 0 bridgehead atoms. The number of H-pyrrole nitrogens is 1. The predicted molar refractivity (Wildman–Crippen MR) is 152 cm³/mol. The van der Waals surface area contributed by atoms with E-state index in [-0.39, 0.29) is 24.5 Å². The van der Waals surface area contributed by atoms with E-state index < -0.39 is 5.54 Å². The Morgan fingerprint density at radius 2 is 1.80 bits per heavy atom. The minimum absolute atomic E-state index is 0.227. The maximum atomic E-state index is 13.6. The van der Waals surface area contributed by atoms with Crippen molar-refractivity contribution in [3.05, 3.63) is 102 Å². The van der Waals surface area contributed by atoms with E-state index in [1.165, 1.54) is 0 Å². The molecule has 0 aliphatic carbocycles. The van der Waals surface area contributed by atoms with Crippen molar-refractivity contribution < 1.29 is 14.3 Å². The van der Waals surface area contributed by atoms with Gasteiger partial charge in [0.2, 0.25) is 0 Å². The first-order valence-electron chi connectivity index (χ1n) is 13.1. The van der Waals surface area contributed by atoms with Gasteiger partial charge in [-0.15, -0.1) is 0 Å². The highest BCUT2D eigenvalue weighted by Gasteiger charge is 2.44. The summed E-state index contributed by atoms with van der Waals surface area (Å²) in [5.74, 6) is 1.30. The molecule has 3 N–H and O–H groups in total. The fourth-order valence-electron chi connectivity index (χ4n) is 4.84. The number of carbonyl (C=O) groups is 2. The summed E-state index contributed by atoms with van der Waals surface area (Å²) < 4.78 is 5.87. The lowest BCUT2D eigenvalue weighted by atomic mass is 10.0. The zero-order valence-corrected chi connectivity index (χ0v) is 23.0. The van der Waals surface area contributed by atoms with E-state index >= 15 is 0 Å². The minimum Gasteiger partial charge on any atom is -0.457 e. The second kappa shape index (κ2) is 11.2. The van der Waals surface area contributed by atoms with Crippen LogP contribution in [0.15, 0.2) is 79.0 Å². The van der Waals surface area contributed by atoms with Gasteiger partial charge >= 0.3 is 6.03 Å². The van der Waals surface area contributed by atoms with Crippen molar-refractivity contribution in [3.63, 3.8) is 0 Å². The van der Waals surface area contributed by atoms with E-state index in [0.29, 0.717) is 29.4 Å². The van der Waals surface area contributed by atoms with E-state index in [1.54, 1.807) is 35.4 Å². The van der Waals surface area contributed by atoms with Crippen LogP contribution < -0.4 is 15.4 Å². The summed E-state index contributed by atoms with van der Waals surface area (Å²) in [7, 11) is 3.91. The number of ether oxygens (including phenoxy) is 1. The normalized spacial score (nSPS) is 14.5. The molecule has 2 aromatic heterocycles. The number of nitrogens with zero attached hydrogens (tertiary/aromatic N) is 4. The molecular formula is C30H33N7O3.